The zero-order chi connectivity index (χ0) is 14.0. The Kier molecular flexibility index (Phi) is 3.46. The number of nitrogen functional groups attached to an aromatic ring is 1. The van der Waals surface area contributed by atoms with Crippen molar-refractivity contribution >= 4 is 27.2 Å². The van der Waals surface area contributed by atoms with Gasteiger partial charge in [0.25, 0.3) is 10.1 Å². The third-order valence-electron chi connectivity index (χ3n) is 2.70. The molecule has 6 heteroatoms. The summed E-state index contributed by atoms with van der Waals surface area (Å²) in [5, 5.41) is 2.98. The summed E-state index contributed by atoms with van der Waals surface area (Å²) in [6, 6.07) is 11.7. The highest BCUT2D eigenvalue weighted by Gasteiger charge is 2.16. The van der Waals surface area contributed by atoms with Crippen LogP contribution in [0, 0.1) is 6.92 Å². The minimum atomic E-state index is -4.33. The predicted molar refractivity (Wildman–Crippen MR) is 75.1 cm³/mol. The molecule has 0 bridgehead atoms. The second kappa shape index (κ2) is 4.91. The van der Waals surface area contributed by atoms with Gasteiger partial charge in [-0.1, -0.05) is 18.2 Å². The second-order valence-electron chi connectivity index (χ2n) is 4.17. The minimum Gasteiger partial charge on any atom is -0.399 e. The van der Waals surface area contributed by atoms with Crippen molar-refractivity contribution in [1.29, 1.82) is 0 Å². The van der Waals surface area contributed by atoms with Crippen LogP contribution in [0.2, 0.25) is 0 Å². The minimum absolute atomic E-state index is 0.240. The molecule has 0 radical (unpaired) electrons. The van der Waals surface area contributed by atoms with Crippen molar-refractivity contribution in [2.75, 3.05) is 11.1 Å². The fourth-order valence-corrected chi connectivity index (χ4v) is 2.40. The molecule has 0 heterocycles. The van der Waals surface area contributed by atoms with Gasteiger partial charge in [-0.05, 0) is 36.8 Å². The lowest BCUT2D eigenvalue weighted by molar-refractivity contribution is 0.483. The Morgan fingerprint density at radius 1 is 1.11 bits per heavy atom. The zero-order valence-corrected chi connectivity index (χ0v) is 11.1. The monoisotopic (exact) mass is 278 g/mol. The molecule has 0 aliphatic carbocycles. The molecule has 0 saturated heterocycles. The molecule has 0 spiro atoms. The maximum atomic E-state index is 11.3. The number of hydrogen-bond donors (Lipinski definition) is 3. The molecule has 2 rings (SSSR count). The number of nitrogens with two attached hydrogens (primary N) is 1. The van der Waals surface area contributed by atoms with Crippen molar-refractivity contribution in [1.82, 2.24) is 0 Å². The standard InChI is InChI=1S/C13H14N2O3S/c1-9-4-2-3-5-11(9)15-12-7-6-10(14)8-13(12)19(16,17)18/h2-8,15H,14H2,1H3,(H,16,17,18). The maximum Gasteiger partial charge on any atom is 0.296 e. The molecule has 0 unspecified atom stereocenters. The summed E-state index contributed by atoms with van der Waals surface area (Å²) in [7, 11) is -4.33. The first-order valence-corrected chi connectivity index (χ1v) is 7.01. The van der Waals surface area contributed by atoms with Crippen molar-refractivity contribution < 1.29 is 13.0 Å². The quantitative estimate of drug-likeness (QED) is 0.592. The first-order valence-electron chi connectivity index (χ1n) is 5.57. The topological polar surface area (TPSA) is 92.4 Å². The fourth-order valence-electron chi connectivity index (χ4n) is 1.71. The molecule has 2 aromatic rings. The van der Waals surface area contributed by atoms with E-state index in [0.29, 0.717) is 0 Å². The molecule has 2 aromatic carbocycles. The highest BCUT2D eigenvalue weighted by molar-refractivity contribution is 7.86. The predicted octanol–water partition coefficient (Wildman–Crippen LogP) is 2.57. The number of hydrogen-bond acceptors (Lipinski definition) is 4. The number of nitrogens with one attached hydrogen (secondary N) is 1. The van der Waals surface area contributed by atoms with E-state index in [9.17, 15) is 13.0 Å². The first-order chi connectivity index (χ1) is 8.88. The molecule has 0 aliphatic rings. The van der Waals surface area contributed by atoms with Crippen molar-refractivity contribution in [2.45, 2.75) is 11.8 Å². The van der Waals surface area contributed by atoms with Crippen LogP contribution in [0.25, 0.3) is 0 Å². The van der Waals surface area contributed by atoms with Gasteiger partial charge in [0.15, 0.2) is 0 Å². The molecular weight excluding hydrogens is 264 g/mol. The number of anilines is 3. The van der Waals surface area contributed by atoms with Gasteiger partial charge in [-0.3, -0.25) is 4.55 Å². The highest BCUT2D eigenvalue weighted by atomic mass is 32.2. The Morgan fingerprint density at radius 2 is 1.79 bits per heavy atom. The average Bonchev–Trinajstić information content (AvgIpc) is 2.33. The van der Waals surface area contributed by atoms with Crippen LogP contribution in [0.15, 0.2) is 47.4 Å². The van der Waals surface area contributed by atoms with Gasteiger partial charge in [0, 0.05) is 11.4 Å². The van der Waals surface area contributed by atoms with Gasteiger partial charge in [0.2, 0.25) is 0 Å². The van der Waals surface area contributed by atoms with E-state index in [-0.39, 0.29) is 16.3 Å². The van der Waals surface area contributed by atoms with Crippen LogP contribution < -0.4 is 11.1 Å². The number of rotatable bonds is 3. The molecule has 0 amide bonds. The van der Waals surface area contributed by atoms with E-state index in [1.165, 1.54) is 12.1 Å². The molecule has 0 saturated carbocycles. The summed E-state index contributed by atoms with van der Waals surface area (Å²) >= 11 is 0. The van der Waals surface area contributed by atoms with Crippen LogP contribution in [0.3, 0.4) is 0 Å². The second-order valence-corrected chi connectivity index (χ2v) is 5.56. The Bertz CT molecular complexity index is 712. The van der Waals surface area contributed by atoms with Crippen molar-refractivity contribution in [3.63, 3.8) is 0 Å². The molecule has 4 N–H and O–H groups in total. The van der Waals surface area contributed by atoms with Crippen LogP contribution in [0.1, 0.15) is 5.56 Å². The summed E-state index contributed by atoms with van der Waals surface area (Å²) < 4.78 is 31.9. The van der Waals surface area contributed by atoms with Gasteiger partial charge in [-0.2, -0.15) is 8.42 Å². The molecule has 5 nitrogen and oxygen atoms in total. The van der Waals surface area contributed by atoms with Gasteiger partial charge in [0.05, 0.1) is 5.69 Å². The lowest BCUT2D eigenvalue weighted by Crippen LogP contribution is -2.05. The van der Waals surface area contributed by atoms with Crippen molar-refractivity contribution in [3.05, 3.63) is 48.0 Å². The summed E-state index contributed by atoms with van der Waals surface area (Å²) in [6.45, 7) is 1.90. The first kappa shape index (κ1) is 13.4. The van der Waals surface area contributed by atoms with E-state index in [4.69, 9.17) is 5.73 Å². The van der Waals surface area contributed by atoms with Crippen molar-refractivity contribution in [2.24, 2.45) is 0 Å². The maximum absolute atomic E-state index is 11.3. The molecule has 0 aromatic heterocycles. The summed E-state index contributed by atoms with van der Waals surface area (Å²) in [6.07, 6.45) is 0. The van der Waals surface area contributed by atoms with Gasteiger partial charge < -0.3 is 11.1 Å². The molecule has 0 fully saturated rings. The highest BCUT2D eigenvalue weighted by Crippen LogP contribution is 2.28. The molecular formula is C13H14N2O3S. The molecule has 0 atom stereocenters. The normalized spacial score (nSPS) is 11.3. The third kappa shape index (κ3) is 3.04. The largest absolute Gasteiger partial charge is 0.399 e. The van der Waals surface area contributed by atoms with E-state index >= 15 is 0 Å². The van der Waals surface area contributed by atoms with Crippen LogP contribution in [-0.2, 0) is 10.1 Å². The SMILES string of the molecule is Cc1ccccc1Nc1ccc(N)cc1S(=O)(=O)O. The van der Waals surface area contributed by atoms with Crippen LogP contribution in [-0.4, -0.2) is 13.0 Å². The number of aryl methyl sites for hydroxylation is 1. The van der Waals surface area contributed by atoms with Crippen LogP contribution >= 0.6 is 0 Å². The van der Waals surface area contributed by atoms with Gasteiger partial charge in [-0.15, -0.1) is 0 Å². The van der Waals surface area contributed by atoms with E-state index in [0.717, 1.165) is 11.3 Å². The Balaban J connectivity index is 2.50. The Labute approximate surface area is 111 Å². The average molecular weight is 278 g/mol. The lowest BCUT2D eigenvalue weighted by Gasteiger charge is -2.12. The smallest absolute Gasteiger partial charge is 0.296 e. The van der Waals surface area contributed by atoms with Gasteiger partial charge in [-0.25, -0.2) is 0 Å². The fraction of sp³-hybridized carbons (Fsp3) is 0.0769. The Morgan fingerprint density at radius 3 is 2.42 bits per heavy atom. The molecule has 0 aliphatic heterocycles. The summed E-state index contributed by atoms with van der Waals surface area (Å²) in [4.78, 5) is -0.240. The number of benzene rings is 2. The van der Waals surface area contributed by atoms with Gasteiger partial charge >= 0.3 is 0 Å². The summed E-state index contributed by atoms with van der Waals surface area (Å²) in [5.74, 6) is 0. The van der Waals surface area contributed by atoms with Crippen LogP contribution in [0.5, 0.6) is 0 Å². The Hall–Kier alpha value is -2.05. The van der Waals surface area contributed by atoms with Crippen LogP contribution in [0.4, 0.5) is 17.1 Å². The van der Waals surface area contributed by atoms with E-state index in [1.54, 1.807) is 6.07 Å². The van der Waals surface area contributed by atoms with E-state index in [1.807, 2.05) is 31.2 Å². The third-order valence-corrected chi connectivity index (χ3v) is 3.59. The molecule has 19 heavy (non-hydrogen) atoms. The van der Waals surface area contributed by atoms with Crippen molar-refractivity contribution in [3.8, 4) is 0 Å². The number of para-hydroxylation sites is 1. The van der Waals surface area contributed by atoms with E-state index in [2.05, 4.69) is 5.32 Å². The van der Waals surface area contributed by atoms with Gasteiger partial charge in [0.1, 0.15) is 4.90 Å². The zero-order valence-electron chi connectivity index (χ0n) is 10.3. The van der Waals surface area contributed by atoms with E-state index < -0.39 is 10.1 Å². The summed E-state index contributed by atoms with van der Waals surface area (Å²) in [5.41, 5.74) is 7.81. The molecule has 100 valence electrons. The lowest BCUT2D eigenvalue weighted by atomic mass is 10.2.